The van der Waals surface area contributed by atoms with E-state index in [-0.39, 0.29) is 24.6 Å². The van der Waals surface area contributed by atoms with Gasteiger partial charge < -0.3 is 15.0 Å². The minimum absolute atomic E-state index is 0.0171. The molecule has 3 aromatic rings. The van der Waals surface area contributed by atoms with Crippen LogP contribution in [-0.4, -0.2) is 40.8 Å². The van der Waals surface area contributed by atoms with Crippen molar-refractivity contribution in [2.24, 2.45) is 11.1 Å². The van der Waals surface area contributed by atoms with Gasteiger partial charge in [0.2, 0.25) is 0 Å². The number of aromatic nitrogens is 3. The Hall–Kier alpha value is -2.53. The van der Waals surface area contributed by atoms with E-state index in [1.54, 1.807) is 6.33 Å². The minimum Gasteiger partial charge on any atom is -0.393 e. The van der Waals surface area contributed by atoms with E-state index in [1.165, 1.54) is 11.1 Å². The Morgan fingerprint density at radius 1 is 1.23 bits per heavy atom. The van der Waals surface area contributed by atoms with Gasteiger partial charge in [-0.1, -0.05) is 24.3 Å². The van der Waals surface area contributed by atoms with E-state index >= 15 is 0 Å². The molecule has 2 aliphatic rings. The number of nitrogens with two attached hydrogens (primary N) is 1. The molecule has 31 heavy (non-hydrogen) atoms. The van der Waals surface area contributed by atoms with E-state index in [0.29, 0.717) is 12.8 Å². The molecule has 0 radical (unpaired) electrons. The molecule has 9 nitrogen and oxygen atoms in total. The Bertz CT molecular complexity index is 1210. The Morgan fingerprint density at radius 3 is 2.90 bits per heavy atom. The highest BCUT2D eigenvalue weighted by Crippen LogP contribution is 2.39. The van der Waals surface area contributed by atoms with Crippen molar-refractivity contribution in [2.45, 2.75) is 43.9 Å². The molecule has 1 fully saturated rings. The third-order valence-corrected chi connectivity index (χ3v) is 6.89. The SMILES string of the molecule is NS(=O)(=O)OCC1CC(n2ccc3c(NC4CCc5ccccc54)ncnc32)CC1O. The molecule has 1 aromatic carbocycles. The summed E-state index contributed by atoms with van der Waals surface area (Å²) in [5.74, 6) is 0.480. The van der Waals surface area contributed by atoms with E-state index in [9.17, 15) is 13.5 Å². The first kappa shape index (κ1) is 20.4. The van der Waals surface area contributed by atoms with Gasteiger partial charge in [-0.2, -0.15) is 8.42 Å². The van der Waals surface area contributed by atoms with Crippen molar-refractivity contribution in [3.8, 4) is 0 Å². The fourth-order valence-electron chi connectivity index (χ4n) is 4.92. The van der Waals surface area contributed by atoms with Crippen molar-refractivity contribution in [3.05, 3.63) is 54.0 Å². The van der Waals surface area contributed by atoms with Crippen LogP contribution in [0.25, 0.3) is 11.0 Å². The monoisotopic (exact) mass is 443 g/mol. The van der Waals surface area contributed by atoms with Crippen LogP contribution in [0.15, 0.2) is 42.9 Å². The van der Waals surface area contributed by atoms with Gasteiger partial charge >= 0.3 is 10.3 Å². The van der Waals surface area contributed by atoms with Gasteiger partial charge in [0.25, 0.3) is 0 Å². The van der Waals surface area contributed by atoms with Crippen LogP contribution >= 0.6 is 0 Å². The van der Waals surface area contributed by atoms with Crippen LogP contribution in [-0.2, 0) is 20.9 Å². The molecule has 0 spiro atoms. The lowest BCUT2D eigenvalue weighted by molar-refractivity contribution is 0.100. The number of aliphatic hydroxyl groups excluding tert-OH is 1. The van der Waals surface area contributed by atoms with Crippen molar-refractivity contribution in [1.82, 2.24) is 14.5 Å². The Kier molecular flexibility index (Phi) is 5.17. The van der Waals surface area contributed by atoms with Crippen LogP contribution in [0, 0.1) is 5.92 Å². The van der Waals surface area contributed by atoms with Crippen molar-refractivity contribution < 1.29 is 17.7 Å². The van der Waals surface area contributed by atoms with Crippen LogP contribution in [0.5, 0.6) is 0 Å². The lowest BCUT2D eigenvalue weighted by Crippen LogP contribution is -2.24. The summed E-state index contributed by atoms with van der Waals surface area (Å²) in [5.41, 5.74) is 3.47. The van der Waals surface area contributed by atoms with Gasteiger partial charge in [0.1, 0.15) is 17.8 Å². The smallest absolute Gasteiger partial charge is 0.333 e. The van der Waals surface area contributed by atoms with Crippen molar-refractivity contribution in [1.29, 1.82) is 0 Å². The zero-order valence-electron chi connectivity index (χ0n) is 16.9. The molecular weight excluding hydrogens is 418 g/mol. The molecule has 2 aromatic heterocycles. The molecule has 5 rings (SSSR count). The lowest BCUT2D eigenvalue weighted by atomic mass is 10.1. The number of nitrogens with zero attached hydrogens (tertiary/aromatic N) is 3. The molecular formula is C21H25N5O4S. The summed E-state index contributed by atoms with van der Waals surface area (Å²) >= 11 is 0. The van der Waals surface area contributed by atoms with E-state index in [0.717, 1.165) is 29.7 Å². The fourth-order valence-corrected chi connectivity index (χ4v) is 5.28. The number of hydrogen-bond donors (Lipinski definition) is 3. The van der Waals surface area contributed by atoms with Gasteiger partial charge in [-0.05, 0) is 42.9 Å². The summed E-state index contributed by atoms with van der Waals surface area (Å²) in [7, 11) is -4.03. The molecule has 1 saturated carbocycles. The van der Waals surface area contributed by atoms with E-state index in [4.69, 9.17) is 9.32 Å². The summed E-state index contributed by atoms with van der Waals surface area (Å²) in [4.78, 5) is 8.97. The summed E-state index contributed by atoms with van der Waals surface area (Å²) < 4.78 is 28.9. The Labute approximate surface area is 180 Å². The highest BCUT2D eigenvalue weighted by atomic mass is 32.2. The molecule has 164 valence electrons. The molecule has 4 atom stereocenters. The molecule has 0 aliphatic heterocycles. The molecule has 2 heterocycles. The van der Waals surface area contributed by atoms with Crippen LogP contribution in [0.1, 0.15) is 42.5 Å². The maximum atomic E-state index is 11.1. The van der Waals surface area contributed by atoms with Gasteiger partial charge in [0, 0.05) is 18.2 Å². The van der Waals surface area contributed by atoms with Crippen LogP contribution in [0.3, 0.4) is 0 Å². The molecule has 4 unspecified atom stereocenters. The maximum Gasteiger partial charge on any atom is 0.333 e. The summed E-state index contributed by atoms with van der Waals surface area (Å²) in [6.45, 7) is -0.126. The standard InChI is InChI=1S/C21H25N5O4S/c22-31(28,29)30-11-14-9-15(10-19(14)27)26-8-7-17-20(23-12-24-21(17)26)25-18-6-5-13-3-1-2-4-16(13)18/h1-4,7-8,12,14-15,18-19,27H,5-6,9-11H2,(H2,22,28,29)(H,23,24,25). The number of fused-ring (bicyclic) bond motifs is 2. The van der Waals surface area contributed by atoms with Crippen LogP contribution < -0.4 is 10.5 Å². The zero-order valence-corrected chi connectivity index (χ0v) is 17.7. The molecule has 0 saturated heterocycles. The highest BCUT2D eigenvalue weighted by molar-refractivity contribution is 7.84. The maximum absolute atomic E-state index is 11.1. The van der Waals surface area contributed by atoms with Crippen molar-refractivity contribution in [2.75, 3.05) is 11.9 Å². The second-order valence-electron chi connectivity index (χ2n) is 8.35. The van der Waals surface area contributed by atoms with E-state index in [1.807, 2.05) is 16.8 Å². The fraction of sp³-hybridized carbons (Fsp3) is 0.429. The first-order valence-electron chi connectivity index (χ1n) is 10.4. The van der Waals surface area contributed by atoms with Gasteiger partial charge in [0.05, 0.1) is 24.1 Å². The molecule has 4 N–H and O–H groups in total. The number of aryl methyl sites for hydroxylation is 1. The summed E-state index contributed by atoms with van der Waals surface area (Å²) in [5, 5.41) is 19.8. The largest absolute Gasteiger partial charge is 0.393 e. The van der Waals surface area contributed by atoms with Crippen LogP contribution in [0.2, 0.25) is 0 Å². The van der Waals surface area contributed by atoms with Crippen molar-refractivity contribution >= 4 is 27.2 Å². The topological polar surface area (TPSA) is 132 Å². The van der Waals surface area contributed by atoms with Crippen molar-refractivity contribution in [3.63, 3.8) is 0 Å². The normalized spacial score (nSPS) is 25.7. The zero-order chi connectivity index (χ0) is 21.6. The Morgan fingerprint density at radius 2 is 2.06 bits per heavy atom. The molecule has 2 aliphatic carbocycles. The average Bonchev–Trinajstić information content (AvgIpc) is 3.43. The average molecular weight is 444 g/mol. The number of rotatable bonds is 6. The molecule has 0 amide bonds. The quantitative estimate of drug-likeness (QED) is 0.531. The number of anilines is 1. The highest BCUT2D eigenvalue weighted by Gasteiger charge is 2.35. The Balaban J connectivity index is 1.37. The van der Waals surface area contributed by atoms with Gasteiger partial charge in [-0.3, -0.25) is 4.18 Å². The first-order valence-corrected chi connectivity index (χ1v) is 11.9. The summed E-state index contributed by atoms with van der Waals surface area (Å²) in [6, 6.07) is 10.6. The predicted octanol–water partition coefficient (Wildman–Crippen LogP) is 2.06. The van der Waals surface area contributed by atoms with E-state index in [2.05, 4.69) is 39.6 Å². The second kappa shape index (κ2) is 7.86. The minimum atomic E-state index is -4.03. The third-order valence-electron chi connectivity index (χ3n) is 6.43. The van der Waals surface area contributed by atoms with Gasteiger partial charge in [-0.25, -0.2) is 15.1 Å². The molecule has 0 bridgehead atoms. The van der Waals surface area contributed by atoms with E-state index < -0.39 is 16.4 Å². The van der Waals surface area contributed by atoms with Crippen LogP contribution in [0.4, 0.5) is 5.82 Å². The number of nitrogens with one attached hydrogen (secondary N) is 1. The number of hydrogen-bond acceptors (Lipinski definition) is 7. The molecule has 10 heteroatoms. The lowest BCUT2D eigenvalue weighted by Gasteiger charge is -2.16. The number of aliphatic hydroxyl groups is 1. The second-order valence-corrected chi connectivity index (χ2v) is 9.57. The number of benzene rings is 1. The third kappa shape index (κ3) is 4.03. The van der Waals surface area contributed by atoms with Gasteiger partial charge in [-0.15, -0.1) is 0 Å². The summed E-state index contributed by atoms with van der Waals surface area (Å²) in [6.07, 6.45) is 5.96. The first-order chi connectivity index (χ1) is 14.9. The predicted molar refractivity (Wildman–Crippen MR) is 115 cm³/mol. The van der Waals surface area contributed by atoms with Gasteiger partial charge in [0.15, 0.2) is 0 Å².